The molecule has 0 fully saturated rings. The summed E-state index contributed by atoms with van der Waals surface area (Å²) in [6.07, 6.45) is 3.56. The van der Waals surface area contributed by atoms with Crippen molar-refractivity contribution in [2.75, 3.05) is 27.2 Å². The van der Waals surface area contributed by atoms with E-state index in [1.165, 1.54) is 40.0 Å². The highest BCUT2D eigenvalue weighted by atomic mass is 35.5. The van der Waals surface area contributed by atoms with Crippen LogP contribution in [0.5, 0.6) is 0 Å². The van der Waals surface area contributed by atoms with Crippen LogP contribution in [0.4, 0.5) is 0 Å². The SMILES string of the molecule is C[NH+](C)CCOC12CCCC(c3ccccc31)c1ccccc12.[Cl-]. The lowest BCUT2D eigenvalue weighted by molar-refractivity contribution is -0.859. The zero-order chi connectivity index (χ0) is 15.9. The number of hydrogen-bond donors (Lipinski definition) is 1. The van der Waals surface area contributed by atoms with E-state index >= 15 is 0 Å². The summed E-state index contributed by atoms with van der Waals surface area (Å²) in [4.78, 5) is 1.44. The van der Waals surface area contributed by atoms with Crippen LogP contribution in [0.25, 0.3) is 0 Å². The molecule has 3 heteroatoms. The fourth-order valence-corrected chi connectivity index (χ4v) is 4.44. The second kappa shape index (κ2) is 6.87. The van der Waals surface area contributed by atoms with E-state index in [1.807, 2.05) is 0 Å². The van der Waals surface area contributed by atoms with Crippen LogP contribution in [0, 0.1) is 0 Å². The van der Waals surface area contributed by atoms with E-state index in [9.17, 15) is 0 Å². The minimum absolute atomic E-state index is 0. The first-order chi connectivity index (χ1) is 11.2. The van der Waals surface area contributed by atoms with Gasteiger partial charge < -0.3 is 22.0 Å². The summed E-state index contributed by atoms with van der Waals surface area (Å²) in [5.41, 5.74) is 5.56. The van der Waals surface area contributed by atoms with Crippen LogP contribution in [-0.4, -0.2) is 27.2 Å². The van der Waals surface area contributed by atoms with Crippen molar-refractivity contribution in [3.63, 3.8) is 0 Å². The van der Waals surface area contributed by atoms with E-state index in [0.29, 0.717) is 5.92 Å². The molecule has 3 aliphatic carbocycles. The predicted molar refractivity (Wildman–Crippen MR) is 93.0 cm³/mol. The number of likely N-dealkylation sites (N-methyl/N-ethyl adjacent to an activating group) is 1. The molecule has 24 heavy (non-hydrogen) atoms. The van der Waals surface area contributed by atoms with E-state index in [0.717, 1.165) is 19.6 Å². The molecule has 2 bridgehead atoms. The highest BCUT2D eigenvalue weighted by molar-refractivity contribution is 5.55. The maximum atomic E-state index is 6.68. The third-order valence-electron chi connectivity index (χ3n) is 5.51. The van der Waals surface area contributed by atoms with Gasteiger partial charge in [0.05, 0.1) is 20.7 Å². The molecule has 2 aromatic carbocycles. The maximum Gasteiger partial charge on any atom is 0.119 e. The summed E-state index contributed by atoms with van der Waals surface area (Å²) < 4.78 is 6.68. The van der Waals surface area contributed by atoms with Gasteiger partial charge in [0.2, 0.25) is 0 Å². The van der Waals surface area contributed by atoms with Gasteiger partial charge in [0.1, 0.15) is 12.1 Å². The van der Waals surface area contributed by atoms with Crippen LogP contribution in [0.1, 0.15) is 47.4 Å². The second-order valence-electron chi connectivity index (χ2n) is 7.25. The van der Waals surface area contributed by atoms with Gasteiger partial charge in [-0.3, -0.25) is 0 Å². The lowest BCUT2D eigenvalue weighted by Crippen LogP contribution is -3.06. The largest absolute Gasteiger partial charge is 1.00 e. The Bertz CT molecular complexity index is 665. The molecule has 2 aromatic rings. The minimum Gasteiger partial charge on any atom is -1.00 e. The van der Waals surface area contributed by atoms with Gasteiger partial charge in [-0.1, -0.05) is 48.5 Å². The summed E-state index contributed by atoms with van der Waals surface area (Å²) in [6.45, 7) is 1.84. The fraction of sp³-hybridized carbons (Fsp3) is 0.429. The van der Waals surface area contributed by atoms with Gasteiger partial charge in [-0.05, 0) is 41.5 Å². The molecule has 0 spiro atoms. The number of hydrogen-bond acceptors (Lipinski definition) is 1. The van der Waals surface area contributed by atoms with Crippen molar-refractivity contribution >= 4 is 0 Å². The first kappa shape index (κ1) is 17.5. The third-order valence-corrected chi connectivity index (χ3v) is 5.51. The Hall–Kier alpha value is -1.35. The molecule has 1 N–H and O–H groups in total. The average Bonchev–Trinajstić information content (AvgIpc) is 2.83. The Labute approximate surface area is 151 Å². The standard InChI is InChI=1S/C21H25NO.ClH/c1-22(2)14-15-23-21-13-7-10-16(17-8-3-5-11-19(17)21)18-9-4-6-12-20(18)21;/h3-6,8-9,11-12,16H,7,10,13-15H2,1-2H3;1H. The molecule has 5 rings (SSSR count). The van der Waals surface area contributed by atoms with Crippen molar-refractivity contribution in [2.24, 2.45) is 0 Å². The first-order valence-electron chi connectivity index (χ1n) is 8.84. The summed E-state index contributed by atoms with van der Waals surface area (Å²) in [5.74, 6) is 0.543. The Morgan fingerprint density at radius 2 is 1.58 bits per heavy atom. The third kappa shape index (κ3) is 2.67. The number of rotatable bonds is 4. The lowest BCUT2D eigenvalue weighted by Gasteiger charge is -2.41. The van der Waals surface area contributed by atoms with E-state index in [2.05, 4.69) is 62.6 Å². The first-order valence-corrected chi connectivity index (χ1v) is 8.84. The lowest BCUT2D eigenvalue weighted by atomic mass is 9.71. The van der Waals surface area contributed by atoms with Crippen LogP contribution in [0.2, 0.25) is 0 Å². The molecular formula is C21H26ClNO. The van der Waals surface area contributed by atoms with Gasteiger partial charge in [-0.25, -0.2) is 0 Å². The van der Waals surface area contributed by atoms with Crippen LogP contribution in [0.15, 0.2) is 48.5 Å². The molecule has 0 aliphatic heterocycles. The molecule has 0 amide bonds. The molecule has 3 aliphatic rings. The van der Waals surface area contributed by atoms with E-state index < -0.39 is 0 Å². The summed E-state index contributed by atoms with van der Waals surface area (Å²) in [7, 11) is 4.37. The maximum absolute atomic E-state index is 6.68. The zero-order valence-corrected chi connectivity index (χ0v) is 15.3. The molecule has 0 aromatic heterocycles. The van der Waals surface area contributed by atoms with Crippen molar-refractivity contribution in [1.29, 1.82) is 0 Å². The van der Waals surface area contributed by atoms with Gasteiger partial charge in [-0.15, -0.1) is 0 Å². The fourth-order valence-electron chi connectivity index (χ4n) is 4.44. The molecule has 0 unspecified atom stereocenters. The molecular weight excluding hydrogens is 318 g/mol. The Balaban J connectivity index is 0.00000169. The van der Waals surface area contributed by atoms with Crippen LogP contribution in [0.3, 0.4) is 0 Å². The van der Waals surface area contributed by atoms with E-state index in [4.69, 9.17) is 4.74 Å². The average molecular weight is 344 g/mol. The van der Waals surface area contributed by atoms with Crippen LogP contribution in [-0.2, 0) is 10.3 Å². The molecule has 0 atom stereocenters. The summed E-state index contributed by atoms with van der Waals surface area (Å²) in [5, 5.41) is 0. The van der Waals surface area contributed by atoms with Crippen molar-refractivity contribution < 1.29 is 22.0 Å². The number of ether oxygens (including phenoxy) is 1. The van der Waals surface area contributed by atoms with E-state index in [1.54, 1.807) is 0 Å². The van der Waals surface area contributed by atoms with Gasteiger partial charge in [0.15, 0.2) is 0 Å². The molecule has 0 saturated carbocycles. The predicted octanol–water partition coefficient (Wildman–Crippen LogP) is -0.275. The van der Waals surface area contributed by atoms with Gasteiger partial charge in [-0.2, -0.15) is 0 Å². The van der Waals surface area contributed by atoms with Gasteiger partial charge in [0.25, 0.3) is 0 Å². The van der Waals surface area contributed by atoms with Crippen molar-refractivity contribution in [1.82, 2.24) is 0 Å². The summed E-state index contributed by atoms with van der Waals surface area (Å²) in [6, 6.07) is 17.9. The number of halogens is 1. The monoisotopic (exact) mass is 343 g/mol. The molecule has 2 nitrogen and oxygen atoms in total. The highest BCUT2D eigenvalue weighted by Gasteiger charge is 2.46. The van der Waals surface area contributed by atoms with Gasteiger partial charge in [0, 0.05) is 5.92 Å². The van der Waals surface area contributed by atoms with Crippen LogP contribution < -0.4 is 17.3 Å². The van der Waals surface area contributed by atoms with Crippen LogP contribution >= 0.6 is 0 Å². The van der Waals surface area contributed by atoms with E-state index in [-0.39, 0.29) is 18.0 Å². The van der Waals surface area contributed by atoms with Crippen molar-refractivity contribution in [2.45, 2.75) is 30.8 Å². The zero-order valence-electron chi connectivity index (χ0n) is 14.5. The van der Waals surface area contributed by atoms with Crippen molar-refractivity contribution in [3.05, 3.63) is 70.8 Å². The topological polar surface area (TPSA) is 13.7 Å². The summed E-state index contributed by atoms with van der Waals surface area (Å²) >= 11 is 0. The quantitative estimate of drug-likeness (QED) is 0.806. The molecule has 0 radical (unpaired) electrons. The number of nitrogens with one attached hydrogen (secondary N) is 1. The van der Waals surface area contributed by atoms with Crippen molar-refractivity contribution in [3.8, 4) is 0 Å². The smallest absolute Gasteiger partial charge is 0.119 e. The molecule has 128 valence electrons. The second-order valence-corrected chi connectivity index (χ2v) is 7.25. The molecule has 0 saturated heterocycles. The Morgan fingerprint density at radius 1 is 1.00 bits per heavy atom. The molecule has 0 heterocycles. The normalized spacial score (nSPS) is 24.0. The number of benzene rings is 2. The van der Waals surface area contributed by atoms with Gasteiger partial charge >= 0.3 is 0 Å². The minimum atomic E-state index is -0.240. The number of quaternary nitrogens is 1. The number of fused-ring (bicyclic) bond motifs is 2. The highest BCUT2D eigenvalue weighted by Crippen LogP contribution is 2.54. The Morgan fingerprint density at radius 3 is 2.17 bits per heavy atom. The Kier molecular flexibility index (Phi) is 5.00.